The molecule has 4 N–H and O–H groups in total. The Morgan fingerprint density at radius 2 is 2.20 bits per heavy atom. The number of H-pyrrole nitrogens is 1. The van der Waals surface area contributed by atoms with Crippen molar-refractivity contribution in [2.45, 2.75) is 6.42 Å². The fourth-order valence-electron chi connectivity index (χ4n) is 2.52. The van der Waals surface area contributed by atoms with E-state index in [2.05, 4.69) is 4.98 Å². The van der Waals surface area contributed by atoms with Gasteiger partial charge in [-0.15, -0.1) is 0 Å². The molecule has 0 fully saturated rings. The fraction of sp³-hybridized carbons (Fsp3) is 0.143. The first-order valence-electron chi connectivity index (χ1n) is 6.09. The Hall–Kier alpha value is -2.76. The van der Waals surface area contributed by atoms with E-state index < -0.39 is 5.97 Å². The van der Waals surface area contributed by atoms with Crippen LogP contribution >= 0.6 is 0 Å². The highest BCUT2D eigenvalue weighted by Gasteiger charge is 2.25. The van der Waals surface area contributed by atoms with Crippen LogP contribution in [-0.2, 0) is 11.2 Å². The summed E-state index contributed by atoms with van der Waals surface area (Å²) in [7, 11) is 1.73. The SMILES string of the molecule is CN1C(=O)Cc2cc(-c3[nH]cc(N)c3C(=O)O)ccc21. The normalized spacial score (nSPS) is 13.7. The third-order valence-electron chi connectivity index (χ3n) is 3.57. The number of amides is 1. The number of nitrogens with one attached hydrogen (secondary N) is 1. The number of hydrogen-bond acceptors (Lipinski definition) is 3. The largest absolute Gasteiger partial charge is 0.478 e. The van der Waals surface area contributed by atoms with Crippen molar-refractivity contribution in [3.05, 3.63) is 35.5 Å². The summed E-state index contributed by atoms with van der Waals surface area (Å²) in [4.78, 5) is 27.4. The minimum absolute atomic E-state index is 0.0293. The molecule has 0 saturated heterocycles. The van der Waals surface area contributed by atoms with Crippen molar-refractivity contribution in [1.29, 1.82) is 0 Å². The molecule has 1 amide bonds. The number of carbonyl (C=O) groups is 2. The molecule has 6 nitrogen and oxygen atoms in total. The summed E-state index contributed by atoms with van der Waals surface area (Å²) in [6.45, 7) is 0. The van der Waals surface area contributed by atoms with Gasteiger partial charge in [-0.1, -0.05) is 6.07 Å². The molecule has 20 heavy (non-hydrogen) atoms. The molecule has 0 atom stereocenters. The number of carboxylic acids is 1. The molecule has 1 aliphatic rings. The number of aromatic carboxylic acids is 1. The Balaban J connectivity index is 2.12. The number of hydrogen-bond donors (Lipinski definition) is 3. The maximum Gasteiger partial charge on any atom is 0.340 e. The summed E-state index contributed by atoms with van der Waals surface area (Å²) < 4.78 is 0. The number of fused-ring (bicyclic) bond motifs is 1. The minimum Gasteiger partial charge on any atom is -0.478 e. The quantitative estimate of drug-likeness (QED) is 0.770. The second-order valence-electron chi connectivity index (χ2n) is 4.77. The number of nitrogen functional groups attached to an aromatic ring is 1. The van der Waals surface area contributed by atoms with Gasteiger partial charge in [-0.2, -0.15) is 0 Å². The highest BCUT2D eigenvalue weighted by molar-refractivity contribution is 6.03. The lowest BCUT2D eigenvalue weighted by Crippen LogP contribution is -2.20. The van der Waals surface area contributed by atoms with Gasteiger partial charge in [0.05, 0.1) is 17.8 Å². The van der Waals surface area contributed by atoms with Crippen LogP contribution in [0, 0.1) is 0 Å². The minimum atomic E-state index is -1.08. The zero-order valence-electron chi connectivity index (χ0n) is 10.8. The molecule has 6 heteroatoms. The van der Waals surface area contributed by atoms with Crippen LogP contribution in [0.2, 0.25) is 0 Å². The van der Waals surface area contributed by atoms with E-state index in [9.17, 15) is 14.7 Å². The Morgan fingerprint density at radius 1 is 1.45 bits per heavy atom. The smallest absolute Gasteiger partial charge is 0.340 e. The maximum atomic E-state index is 11.7. The Kier molecular flexibility index (Phi) is 2.53. The van der Waals surface area contributed by atoms with Gasteiger partial charge in [0.15, 0.2) is 0 Å². The molecule has 0 bridgehead atoms. The zero-order chi connectivity index (χ0) is 14.4. The van der Waals surface area contributed by atoms with E-state index in [0.29, 0.717) is 17.7 Å². The summed E-state index contributed by atoms with van der Waals surface area (Å²) in [5, 5.41) is 9.21. The molecular formula is C14H13N3O3. The van der Waals surface area contributed by atoms with Gasteiger partial charge in [0.25, 0.3) is 0 Å². The number of anilines is 2. The lowest BCUT2D eigenvalue weighted by Gasteiger charge is -2.10. The monoisotopic (exact) mass is 271 g/mol. The maximum absolute atomic E-state index is 11.7. The number of nitrogens with zero attached hydrogens (tertiary/aromatic N) is 1. The first-order chi connectivity index (χ1) is 9.49. The van der Waals surface area contributed by atoms with Crippen molar-refractivity contribution in [3.63, 3.8) is 0 Å². The first-order valence-corrected chi connectivity index (χ1v) is 6.09. The van der Waals surface area contributed by atoms with Crippen LogP contribution in [0.4, 0.5) is 11.4 Å². The van der Waals surface area contributed by atoms with E-state index in [-0.39, 0.29) is 17.2 Å². The van der Waals surface area contributed by atoms with Crippen LogP contribution in [0.15, 0.2) is 24.4 Å². The van der Waals surface area contributed by atoms with Crippen LogP contribution in [0.1, 0.15) is 15.9 Å². The summed E-state index contributed by atoms with van der Waals surface area (Å²) in [5.74, 6) is -1.05. The van der Waals surface area contributed by atoms with Gasteiger partial charge in [0.2, 0.25) is 5.91 Å². The van der Waals surface area contributed by atoms with Gasteiger partial charge in [-0.25, -0.2) is 4.79 Å². The molecular weight excluding hydrogens is 258 g/mol. The van der Waals surface area contributed by atoms with Crippen molar-refractivity contribution >= 4 is 23.3 Å². The molecule has 1 aliphatic heterocycles. The van der Waals surface area contributed by atoms with E-state index >= 15 is 0 Å². The molecule has 0 saturated carbocycles. The number of aromatic nitrogens is 1. The van der Waals surface area contributed by atoms with Crippen LogP contribution in [0.3, 0.4) is 0 Å². The zero-order valence-corrected chi connectivity index (χ0v) is 10.8. The molecule has 0 aliphatic carbocycles. The third-order valence-corrected chi connectivity index (χ3v) is 3.57. The highest BCUT2D eigenvalue weighted by atomic mass is 16.4. The van der Waals surface area contributed by atoms with Gasteiger partial charge in [0.1, 0.15) is 5.56 Å². The second kappa shape index (κ2) is 4.12. The van der Waals surface area contributed by atoms with Gasteiger partial charge < -0.3 is 20.7 Å². The van der Waals surface area contributed by atoms with Gasteiger partial charge in [-0.05, 0) is 23.3 Å². The lowest BCUT2D eigenvalue weighted by molar-refractivity contribution is -0.117. The molecule has 3 rings (SSSR count). The van der Waals surface area contributed by atoms with Crippen LogP contribution in [0.25, 0.3) is 11.3 Å². The van der Waals surface area contributed by atoms with Crippen LogP contribution in [-0.4, -0.2) is 29.0 Å². The van der Waals surface area contributed by atoms with Crippen molar-refractivity contribution in [2.24, 2.45) is 0 Å². The molecule has 0 unspecified atom stereocenters. The molecule has 2 heterocycles. The van der Waals surface area contributed by atoms with E-state index in [1.807, 2.05) is 12.1 Å². The van der Waals surface area contributed by atoms with E-state index in [4.69, 9.17) is 5.73 Å². The van der Waals surface area contributed by atoms with Crippen molar-refractivity contribution in [3.8, 4) is 11.3 Å². The molecule has 1 aromatic carbocycles. The predicted molar refractivity (Wildman–Crippen MR) is 74.7 cm³/mol. The third kappa shape index (κ3) is 1.65. The fourth-order valence-corrected chi connectivity index (χ4v) is 2.52. The number of nitrogens with two attached hydrogens (primary N) is 1. The summed E-state index contributed by atoms with van der Waals surface area (Å²) in [6, 6.07) is 5.43. The average molecular weight is 271 g/mol. The topological polar surface area (TPSA) is 99.4 Å². The molecule has 0 radical (unpaired) electrons. The van der Waals surface area contributed by atoms with Crippen LogP contribution < -0.4 is 10.6 Å². The van der Waals surface area contributed by atoms with E-state index in [1.54, 1.807) is 18.0 Å². The number of likely N-dealkylation sites (N-methyl/N-ethyl adjacent to an activating group) is 1. The van der Waals surface area contributed by atoms with Crippen molar-refractivity contribution in [1.82, 2.24) is 4.98 Å². The Bertz CT molecular complexity index is 733. The lowest BCUT2D eigenvalue weighted by atomic mass is 10.0. The molecule has 1 aromatic heterocycles. The second-order valence-corrected chi connectivity index (χ2v) is 4.77. The van der Waals surface area contributed by atoms with Crippen molar-refractivity contribution in [2.75, 3.05) is 17.7 Å². The Morgan fingerprint density at radius 3 is 2.90 bits per heavy atom. The van der Waals surface area contributed by atoms with Gasteiger partial charge in [-0.3, -0.25) is 4.79 Å². The number of benzene rings is 1. The molecule has 102 valence electrons. The molecule has 2 aromatic rings. The standard InChI is InChI=1S/C14H13N3O3/c1-17-10-3-2-7(4-8(10)5-11(17)18)13-12(14(19)20)9(15)6-16-13/h2-4,6,16H,5,15H2,1H3,(H,19,20). The van der Waals surface area contributed by atoms with Gasteiger partial charge in [0, 0.05) is 18.9 Å². The first kappa shape index (κ1) is 12.3. The van der Waals surface area contributed by atoms with Gasteiger partial charge >= 0.3 is 5.97 Å². The highest BCUT2D eigenvalue weighted by Crippen LogP contribution is 2.34. The van der Waals surface area contributed by atoms with Crippen molar-refractivity contribution < 1.29 is 14.7 Å². The summed E-state index contributed by atoms with van der Waals surface area (Å²) >= 11 is 0. The van der Waals surface area contributed by atoms with E-state index in [1.165, 1.54) is 6.20 Å². The van der Waals surface area contributed by atoms with Crippen LogP contribution in [0.5, 0.6) is 0 Å². The number of carbonyl (C=O) groups excluding carboxylic acids is 1. The summed E-state index contributed by atoms with van der Waals surface area (Å²) in [5.41, 5.74) is 8.83. The average Bonchev–Trinajstić information content (AvgIpc) is 2.91. The summed E-state index contributed by atoms with van der Waals surface area (Å²) in [6.07, 6.45) is 1.79. The number of rotatable bonds is 2. The van der Waals surface area contributed by atoms with E-state index in [0.717, 1.165) is 11.3 Å². The molecule has 0 spiro atoms. The Labute approximate surface area is 114 Å². The number of aromatic amines is 1. The predicted octanol–water partition coefficient (Wildman–Crippen LogP) is 1.48. The number of carboxylic acid groups (broad SMARTS) is 1.